The lowest BCUT2D eigenvalue weighted by Gasteiger charge is -2.15. The number of carbonyl (C=O) groups excluding carboxylic acids is 4. The van der Waals surface area contributed by atoms with E-state index in [0.717, 1.165) is 0 Å². The Morgan fingerprint density at radius 1 is 1.38 bits per heavy atom. The average Bonchev–Trinajstić information content (AvgIpc) is 2.93. The van der Waals surface area contributed by atoms with Gasteiger partial charge in [0.15, 0.2) is 0 Å². The van der Waals surface area contributed by atoms with Crippen molar-refractivity contribution < 1.29 is 33.4 Å². The number of cyclic esters (lactones) is 1. The van der Waals surface area contributed by atoms with Crippen molar-refractivity contribution in [3.63, 3.8) is 0 Å². The van der Waals surface area contributed by atoms with E-state index in [0.29, 0.717) is 6.42 Å². The fraction of sp³-hybridized carbons (Fsp3) is 0.600. The predicted molar refractivity (Wildman–Crippen MR) is 81.8 cm³/mol. The van der Waals surface area contributed by atoms with Crippen LogP contribution in [0.4, 0.5) is 4.79 Å². The van der Waals surface area contributed by atoms with Crippen molar-refractivity contribution in [1.82, 2.24) is 10.6 Å². The smallest absolute Gasteiger partial charge is 0.347 e. The van der Waals surface area contributed by atoms with Gasteiger partial charge in [-0.15, -0.1) is 0 Å². The molecule has 0 aromatic carbocycles. The molecule has 1 aliphatic rings. The molecular weight excluding hydrogens is 320 g/mol. The minimum Gasteiger partial charge on any atom is -0.463 e. The summed E-state index contributed by atoms with van der Waals surface area (Å²) in [5, 5.41) is 4.95. The van der Waals surface area contributed by atoms with Gasteiger partial charge in [0.25, 0.3) is 0 Å². The first-order chi connectivity index (χ1) is 11.3. The van der Waals surface area contributed by atoms with Crippen LogP contribution in [-0.2, 0) is 28.6 Å². The van der Waals surface area contributed by atoms with Crippen molar-refractivity contribution >= 4 is 23.9 Å². The lowest BCUT2D eigenvalue weighted by Crippen LogP contribution is -2.41. The van der Waals surface area contributed by atoms with Crippen LogP contribution in [0, 0.1) is 5.92 Å². The minimum absolute atomic E-state index is 0.0144. The molecule has 9 heteroatoms. The maximum Gasteiger partial charge on any atom is 0.347 e. The van der Waals surface area contributed by atoms with E-state index in [2.05, 4.69) is 17.2 Å². The monoisotopic (exact) mass is 342 g/mol. The number of ether oxygens (including phenoxy) is 3. The number of rotatable bonds is 8. The molecular formula is C15H22N2O7. The highest BCUT2D eigenvalue weighted by Crippen LogP contribution is 2.12. The molecule has 24 heavy (non-hydrogen) atoms. The van der Waals surface area contributed by atoms with E-state index >= 15 is 0 Å². The van der Waals surface area contributed by atoms with Crippen LogP contribution in [0.25, 0.3) is 0 Å². The van der Waals surface area contributed by atoms with E-state index in [-0.39, 0.29) is 31.9 Å². The zero-order chi connectivity index (χ0) is 18.1. The fourth-order valence-electron chi connectivity index (χ4n) is 1.66. The number of amides is 2. The van der Waals surface area contributed by atoms with E-state index in [1.54, 1.807) is 6.92 Å². The number of hydrogen-bond acceptors (Lipinski definition) is 7. The van der Waals surface area contributed by atoms with Crippen LogP contribution >= 0.6 is 0 Å². The molecule has 1 saturated heterocycles. The van der Waals surface area contributed by atoms with Crippen molar-refractivity contribution in [3.8, 4) is 0 Å². The molecule has 1 aliphatic heterocycles. The predicted octanol–water partition coefficient (Wildman–Crippen LogP) is -0.100. The fourth-order valence-corrected chi connectivity index (χ4v) is 1.66. The van der Waals surface area contributed by atoms with Crippen molar-refractivity contribution in [2.75, 3.05) is 26.3 Å². The van der Waals surface area contributed by atoms with Gasteiger partial charge in [0, 0.05) is 18.5 Å². The summed E-state index contributed by atoms with van der Waals surface area (Å²) in [6.07, 6.45) is -0.523. The van der Waals surface area contributed by atoms with E-state index < -0.39 is 36.0 Å². The van der Waals surface area contributed by atoms with Gasteiger partial charge < -0.3 is 24.8 Å². The Balaban J connectivity index is 2.16. The Morgan fingerprint density at radius 3 is 2.67 bits per heavy atom. The maximum absolute atomic E-state index is 11.8. The Hall–Kier alpha value is -2.58. The maximum atomic E-state index is 11.8. The highest BCUT2D eigenvalue weighted by Gasteiger charge is 2.31. The van der Waals surface area contributed by atoms with E-state index in [1.807, 2.05) is 0 Å². The lowest BCUT2D eigenvalue weighted by molar-refractivity contribution is -0.162. The summed E-state index contributed by atoms with van der Waals surface area (Å²) in [5.74, 6) is -2.29. The van der Waals surface area contributed by atoms with Crippen LogP contribution < -0.4 is 10.6 Å². The largest absolute Gasteiger partial charge is 0.463 e. The number of nitrogens with one attached hydrogen (secondary N) is 2. The van der Waals surface area contributed by atoms with E-state index in [9.17, 15) is 19.2 Å². The summed E-state index contributed by atoms with van der Waals surface area (Å²) in [6.45, 7) is 6.93. The van der Waals surface area contributed by atoms with Crippen molar-refractivity contribution in [2.24, 2.45) is 5.92 Å². The molecule has 134 valence electrons. The van der Waals surface area contributed by atoms with Crippen molar-refractivity contribution in [1.29, 1.82) is 0 Å². The number of hydrogen-bond donors (Lipinski definition) is 2. The summed E-state index contributed by atoms with van der Waals surface area (Å²) in [6, 6.07) is -0.513. The molecule has 1 rings (SSSR count). The van der Waals surface area contributed by atoms with E-state index in [1.165, 1.54) is 6.92 Å². The molecule has 2 atom stereocenters. The quantitative estimate of drug-likeness (QED) is 0.273. The normalized spacial score (nSPS) is 17.4. The molecule has 2 unspecified atom stereocenters. The second kappa shape index (κ2) is 9.53. The Morgan fingerprint density at radius 2 is 2.08 bits per heavy atom. The van der Waals surface area contributed by atoms with Gasteiger partial charge in [-0.1, -0.05) is 13.5 Å². The summed E-state index contributed by atoms with van der Waals surface area (Å²) < 4.78 is 14.5. The molecule has 2 N–H and O–H groups in total. The van der Waals surface area contributed by atoms with Crippen LogP contribution in [0.15, 0.2) is 12.2 Å². The minimum atomic E-state index is -0.864. The molecule has 0 radical (unpaired) electrons. The second-order valence-electron chi connectivity index (χ2n) is 5.34. The highest BCUT2D eigenvalue weighted by molar-refractivity contribution is 5.87. The molecule has 1 heterocycles. The molecule has 0 saturated carbocycles. The molecule has 0 bridgehead atoms. The Kier molecular flexibility index (Phi) is 7.73. The lowest BCUT2D eigenvalue weighted by atomic mass is 10.2. The van der Waals surface area contributed by atoms with Crippen LogP contribution in [0.1, 0.15) is 20.3 Å². The second-order valence-corrected chi connectivity index (χ2v) is 5.34. The third-order valence-corrected chi connectivity index (χ3v) is 3.09. The molecule has 0 spiro atoms. The molecule has 0 aromatic heterocycles. The third kappa shape index (κ3) is 6.67. The zero-order valence-electron chi connectivity index (χ0n) is 13.8. The van der Waals surface area contributed by atoms with Crippen molar-refractivity contribution in [2.45, 2.75) is 26.4 Å². The topological polar surface area (TPSA) is 120 Å². The van der Waals surface area contributed by atoms with Crippen molar-refractivity contribution in [3.05, 3.63) is 12.2 Å². The Labute approximate surface area is 139 Å². The van der Waals surface area contributed by atoms with Gasteiger partial charge in [-0.05, 0) is 6.92 Å². The molecule has 0 aromatic rings. The SMILES string of the molecule is C=C(C)C(=O)OCCNC(=O)NCC(C)C(=O)OC1CCOC1=O. The van der Waals surface area contributed by atoms with Gasteiger partial charge in [0.2, 0.25) is 6.10 Å². The van der Waals surface area contributed by atoms with Gasteiger partial charge in [-0.2, -0.15) is 0 Å². The first-order valence-electron chi connectivity index (χ1n) is 7.52. The summed E-state index contributed by atoms with van der Waals surface area (Å²) in [4.78, 5) is 45.7. The summed E-state index contributed by atoms with van der Waals surface area (Å²) >= 11 is 0. The van der Waals surface area contributed by atoms with Crippen LogP contribution in [0.5, 0.6) is 0 Å². The first kappa shape index (κ1) is 19.5. The molecule has 1 fully saturated rings. The molecule has 0 aliphatic carbocycles. The van der Waals surface area contributed by atoms with Gasteiger partial charge in [-0.3, -0.25) is 4.79 Å². The molecule has 9 nitrogen and oxygen atoms in total. The number of urea groups is 1. The Bertz CT molecular complexity index is 518. The van der Waals surface area contributed by atoms with Crippen LogP contribution in [0.2, 0.25) is 0 Å². The van der Waals surface area contributed by atoms with Gasteiger partial charge in [0.1, 0.15) is 6.61 Å². The van der Waals surface area contributed by atoms with Gasteiger partial charge >= 0.3 is 23.9 Å². The van der Waals surface area contributed by atoms with Gasteiger partial charge in [-0.25, -0.2) is 14.4 Å². The third-order valence-electron chi connectivity index (χ3n) is 3.09. The standard InChI is InChI=1S/C15H22N2O7/c1-9(2)12(18)23-7-5-16-15(21)17-8-10(3)13(19)24-11-4-6-22-14(11)20/h10-11H,1,4-8H2,2-3H3,(H2,16,17,21). The average molecular weight is 342 g/mol. The van der Waals surface area contributed by atoms with Crippen LogP contribution in [-0.4, -0.2) is 56.3 Å². The molecule has 2 amide bonds. The zero-order valence-corrected chi connectivity index (χ0v) is 13.8. The van der Waals surface area contributed by atoms with E-state index in [4.69, 9.17) is 14.2 Å². The number of carbonyl (C=O) groups is 4. The summed E-state index contributed by atoms with van der Waals surface area (Å²) in [5.41, 5.74) is 0.276. The highest BCUT2D eigenvalue weighted by atomic mass is 16.6. The number of esters is 3. The van der Waals surface area contributed by atoms with Gasteiger partial charge in [0.05, 0.1) is 19.1 Å². The summed E-state index contributed by atoms with van der Waals surface area (Å²) in [7, 11) is 0. The first-order valence-corrected chi connectivity index (χ1v) is 7.52. The van der Waals surface area contributed by atoms with Crippen LogP contribution in [0.3, 0.4) is 0 Å².